The molecule has 5 heteroatoms. The lowest BCUT2D eigenvalue weighted by Crippen LogP contribution is -2.47. The van der Waals surface area contributed by atoms with Gasteiger partial charge in [0.2, 0.25) is 0 Å². The topological polar surface area (TPSA) is 60.5 Å². The van der Waals surface area contributed by atoms with Crippen LogP contribution in [0.3, 0.4) is 0 Å². The zero-order valence-electron chi connectivity index (χ0n) is 18.3. The van der Waals surface area contributed by atoms with Crippen LogP contribution >= 0.6 is 0 Å². The fraction of sp³-hybridized carbons (Fsp3) is 0.333. The number of hydrogen-bond donors (Lipinski definition) is 0. The van der Waals surface area contributed by atoms with E-state index in [1.165, 1.54) is 5.56 Å². The lowest BCUT2D eigenvalue weighted by Gasteiger charge is -2.38. The molecule has 0 radical (unpaired) electrons. The predicted octanol–water partition coefficient (Wildman–Crippen LogP) is 4.89. The molecule has 0 saturated carbocycles. The molecule has 1 aromatic heterocycles. The summed E-state index contributed by atoms with van der Waals surface area (Å²) in [5.74, 6) is 0.737. The van der Waals surface area contributed by atoms with Crippen LogP contribution in [0.1, 0.15) is 46.5 Å². The SMILES string of the molecule is N#Cc1cccc(C(=O)N(Cc2ccco2)C2CCN(CCCc3ccccc3)CC2)c1. The number of aryl methyl sites for hydroxylation is 1. The van der Waals surface area contributed by atoms with Crippen molar-refractivity contribution in [2.75, 3.05) is 19.6 Å². The molecule has 0 bridgehead atoms. The van der Waals surface area contributed by atoms with Crippen molar-refractivity contribution in [2.45, 2.75) is 38.3 Å². The molecule has 0 aliphatic carbocycles. The molecular weight excluding hydrogens is 398 g/mol. The monoisotopic (exact) mass is 427 g/mol. The third-order valence-electron chi connectivity index (χ3n) is 6.19. The Balaban J connectivity index is 1.37. The van der Waals surface area contributed by atoms with Gasteiger partial charge in [-0.1, -0.05) is 36.4 Å². The summed E-state index contributed by atoms with van der Waals surface area (Å²) in [6, 6.07) is 23.6. The van der Waals surface area contributed by atoms with Crippen LogP contribution in [0.2, 0.25) is 0 Å². The maximum absolute atomic E-state index is 13.4. The molecule has 32 heavy (non-hydrogen) atoms. The van der Waals surface area contributed by atoms with E-state index in [0.29, 0.717) is 17.7 Å². The number of carbonyl (C=O) groups excluding carboxylic acids is 1. The van der Waals surface area contributed by atoms with Gasteiger partial charge in [-0.15, -0.1) is 0 Å². The van der Waals surface area contributed by atoms with Gasteiger partial charge in [-0.25, -0.2) is 0 Å². The van der Waals surface area contributed by atoms with E-state index in [4.69, 9.17) is 4.42 Å². The van der Waals surface area contributed by atoms with Crippen molar-refractivity contribution < 1.29 is 9.21 Å². The smallest absolute Gasteiger partial charge is 0.254 e. The van der Waals surface area contributed by atoms with Crippen LogP contribution in [0.25, 0.3) is 0 Å². The second kappa shape index (κ2) is 10.8. The van der Waals surface area contributed by atoms with Gasteiger partial charge in [0, 0.05) is 24.7 Å². The van der Waals surface area contributed by atoms with Crippen molar-refractivity contribution in [3.8, 4) is 6.07 Å². The van der Waals surface area contributed by atoms with E-state index >= 15 is 0 Å². The van der Waals surface area contributed by atoms with Gasteiger partial charge in [0.1, 0.15) is 5.76 Å². The standard InChI is InChI=1S/C27H29N3O2/c28-20-23-9-4-11-24(19-23)27(31)30(21-26-12-6-18-32-26)25-13-16-29(17-14-25)15-5-10-22-7-2-1-3-8-22/h1-4,6-9,11-12,18-19,25H,5,10,13-17,21H2. The lowest BCUT2D eigenvalue weighted by atomic mass is 10.0. The van der Waals surface area contributed by atoms with Crippen molar-refractivity contribution in [1.29, 1.82) is 5.26 Å². The highest BCUT2D eigenvalue weighted by molar-refractivity contribution is 5.94. The van der Waals surface area contributed by atoms with Gasteiger partial charge < -0.3 is 14.2 Å². The molecule has 1 saturated heterocycles. The molecule has 4 rings (SSSR count). The Labute approximate surface area is 189 Å². The number of furan rings is 1. The van der Waals surface area contributed by atoms with Crippen LogP contribution in [0, 0.1) is 11.3 Å². The summed E-state index contributed by atoms with van der Waals surface area (Å²) in [5.41, 5.74) is 2.44. The van der Waals surface area contributed by atoms with Gasteiger partial charge in [0.25, 0.3) is 5.91 Å². The minimum absolute atomic E-state index is 0.0407. The number of rotatable bonds is 8. The third kappa shape index (κ3) is 5.66. The summed E-state index contributed by atoms with van der Waals surface area (Å²) in [5, 5.41) is 9.22. The molecular formula is C27H29N3O2. The molecule has 5 nitrogen and oxygen atoms in total. The Morgan fingerprint density at radius 3 is 2.59 bits per heavy atom. The fourth-order valence-corrected chi connectivity index (χ4v) is 4.43. The second-order valence-corrected chi connectivity index (χ2v) is 8.37. The summed E-state index contributed by atoms with van der Waals surface area (Å²) in [6.45, 7) is 3.50. The molecule has 1 aliphatic heterocycles. The average molecular weight is 428 g/mol. The van der Waals surface area contributed by atoms with Crippen molar-refractivity contribution in [1.82, 2.24) is 9.80 Å². The Bertz CT molecular complexity index is 1030. The minimum atomic E-state index is -0.0407. The van der Waals surface area contributed by atoms with Gasteiger partial charge in [-0.2, -0.15) is 5.26 Å². The van der Waals surface area contributed by atoms with E-state index in [9.17, 15) is 10.1 Å². The highest BCUT2D eigenvalue weighted by Gasteiger charge is 2.29. The number of carbonyl (C=O) groups is 1. The van der Waals surface area contributed by atoms with Crippen LogP contribution in [-0.2, 0) is 13.0 Å². The summed E-state index contributed by atoms with van der Waals surface area (Å²) in [7, 11) is 0. The van der Waals surface area contributed by atoms with Crippen LogP contribution in [-0.4, -0.2) is 41.4 Å². The number of nitriles is 1. The van der Waals surface area contributed by atoms with Crippen LogP contribution in [0.4, 0.5) is 0 Å². The first-order valence-corrected chi connectivity index (χ1v) is 11.3. The van der Waals surface area contributed by atoms with Crippen LogP contribution in [0.15, 0.2) is 77.4 Å². The van der Waals surface area contributed by atoms with Gasteiger partial charge in [-0.3, -0.25) is 4.79 Å². The largest absolute Gasteiger partial charge is 0.467 e. The molecule has 164 valence electrons. The molecule has 0 spiro atoms. The zero-order chi connectivity index (χ0) is 22.2. The summed E-state index contributed by atoms with van der Waals surface area (Å²) >= 11 is 0. The molecule has 3 aromatic rings. The Hall–Kier alpha value is -3.36. The normalized spacial score (nSPS) is 14.7. The van der Waals surface area contributed by atoms with Gasteiger partial charge in [0.15, 0.2) is 0 Å². The third-order valence-corrected chi connectivity index (χ3v) is 6.19. The van der Waals surface area contributed by atoms with Gasteiger partial charge in [-0.05, 0) is 68.1 Å². The number of piperidine rings is 1. The molecule has 2 heterocycles. The summed E-state index contributed by atoms with van der Waals surface area (Å²) in [6.07, 6.45) is 5.76. The van der Waals surface area contributed by atoms with Crippen molar-refractivity contribution in [3.63, 3.8) is 0 Å². The Morgan fingerprint density at radius 2 is 1.88 bits per heavy atom. The first-order valence-electron chi connectivity index (χ1n) is 11.3. The van der Waals surface area contributed by atoms with Crippen molar-refractivity contribution >= 4 is 5.91 Å². The number of hydrogen-bond acceptors (Lipinski definition) is 4. The van der Waals surface area contributed by atoms with E-state index in [-0.39, 0.29) is 11.9 Å². The lowest BCUT2D eigenvalue weighted by molar-refractivity contribution is 0.0530. The average Bonchev–Trinajstić information content (AvgIpc) is 3.37. The second-order valence-electron chi connectivity index (χ2n) is 8.37. The number of amides is 1. The first-order chi connectivity index (χ1) is 15.7. The van der Waals surface area contributed by atoms with Crippen LogP contribution in [0.5, 0.6) is 0 Å². The quantitative estimate of drug-likeness (QED) is 0.513. The maximum Gasteiger partial charge on any atom is 0.254 e. The summed E-state index contributed by atoms with van der Waals surface area (Å²) in [4.78, 5) is 17.8. The molecule has 0 N–H and O–H groups in total. The number of likely N-dealkylation sites (tertiary alicyclic amines) is 1. The molecule has 1 amide bonds. The molecule has 0 unspecified atom stereocenters. The minimum Gasteiger partial charge on any atom is -0.467 e. The van der Waals surface area contributed by atoms with E-state index in [1.54, 1.807) is 30.5 Å². The first kappa shape index (κ1) is 21.9. The molecule has 1 aliphatic rings. The molecule has 0 atom stereocenters. The van der Waals surface area contributed by atoms with E-state index in [2.05, 4.69) is 41.3 Å². The molecule has 2 aromatic carbocycles. The summed E-state index contributed by atoms with van der Waals surface area (Å²) < 4.78 is 5.55. The number of benzene rings is 2. The Kier molecular flexibility index (Phi) is 7.37. The van der Waals surface area contributed by atoms with Crippen LogP contribution < -0.4 is 0 Å². The van der Waals surface area contributed by atoms with Crippen molar-refractivity contribution in [3.05, 3.63) is 95.4 Å². The van der Waals surface area contributed by atoms with Gasteiger partial charge in [0.05, 0.1) is 24.4 Å². The number of nitrogens with zero attached hydrogens (tertiary/aromatic N) is 3. The highest BCUT2D eigenvalue weighted by atomic mass is 16.3. The Morgan fingerprint density at radius 1 is 1.06 bits per heavy atom. The van der Waals surface area contributed by atoms with E-state index in [1.807, 2.05) is 17.0 Å². The maximum atomic E-state index is 13.4. The molecule has 1 fully saturated rings. The predicted molar refractivity (Wildman–Crippen MR) is 124 cm³/mol. The van der Waals surface area contributed by atoms with Gasteiger partial charge >= 0.3 is 0 Å². The van der Waals surface area contributed by atoms with E-state index < -0.39 is 0 Å². The van der Waals surface area contributed by atoms with E-state index in [0.717, 1.165) is 51.1 Å². The highest BCUT2D eigenvalue weighted by Crippen LogP contribution is 2.22. The zero-order valence-corrected chi connectivity index (χ0v) is 18.3. The van der Waals surface area contributed by atoms with Crippen molar-refractivity contribution in [2.24, 2.45) is 0 Å². The fourth-order valence-electron chi connectivity index (χ4n) is 4.43.